The first kappa shape index (κ1) is 16.0. The monoisotopic (exact) mass is 328 g/mol. The molecular weight excluding hydrogens is 308 g/mol. The first-order valence-corrected chi connectivity index (χ1v) is 7.89. The molecule has 0 aliphatic carbocycles. The highest BCUT2D eigenvalue weighted by atomic mass is 16.5. The molecule has 2 amide bonds. The fourth-order valence-corrected chi connectivity index (χ4v) is 2.75. The summed E-state index contributed by atoms with van der Waals surface area (Å²) in [4.78, 5) is 26.2. The van der Waals surface area contributed by atoms with Crippen LogP contribution in [-0.4, -0.2) is 34.7 Å². The first-order valence-electron chi connectivity index (χ1n) is 7.89. The molecule has 1 aliphatic rings. The second-order valence-corrected chi connectivity index (χ2v) is 5.72. The number of benzene rings is 1. The molecule has 1 aromatic heterocycles. The number of nitrogens with one attached hydrogen (secondary N) is 1. The average molecular weight is 328 g/mol. The topological polar surface area (TPSA) is 76.5 Å². The van der Waals surface area contributed by atoms with E-state index in [9.17, 15) is 9.59 Å². The van der Waals surface area contributed by atoms with Gasteiger partial charge >= 0.3 is 0 Å². The van der Waals surface area contributed by atoms with Crippen LogP contribution < -0.4 is 15.0 Å². The Morgan fingerprint density at radius 3 is 2.75 bits per heavy atom. The van der Waals surface area contributed by atoms with Crippen LogP contribution in [0.3, 0.4) is 0 Å². The highest BCUT2D eigenvalue weighted by Crippen LogP contribution is 2.27. The van der Waals surface area contributed by atoms with Gasteiger partial charge in [0.05, 0.1) is 24.4 Å². The van der Waals surface area contributed by atoms with Gasteiger partial charge in [0.25, 0.3) is 0 Å². The molecule has 24 heavy (non-hydrogen) atoms. The van der Waals surface area contributed by atoms with Gasteiger partial charge in [0.1, 0.15) is 5.75 Å². The Kier molecular flexibility index (Phi) is 4.50. The molecule has 2 heterocycles. The van der Waals surface area contributed by atoms with Gasteiger partial charge in [-0.3, -0.25) is 14.3 Å². The fourth-order valence-electron chi connectivity index (χ4n) is 2.75. The molecule has 0 unspecified atom stereocenters. The third-order valence-electron chi connectivity index (χ3n) is 3.93. The lowest BCUT2D eigenvalue weighted by Gasteiger charge is -2.17. The number of aryl methyl sites for hydroxylation is 1. The summed E-state index contributed by atoms with van der Waals surface area (Å²) >= 11 is 0. The number of anilines is 2. The van der Waals surface area contributed by atoms with E-state index >= 15 is 0 Å². The Morgan fingerprint density at radius 1 is 1.38 bits per heavy atom. The summed E-state index contributed by atoms with van der Waals surface area (Å²) < 4.78 is 7.02. The minimum absolute atomic E-state index is 0.0505. The van der Waals surface area contributed by atoms with Crippen LogP contribution in [0.5, 0.6) is 5.75 Å². The van der Waals surface area contributed by atoms with Gasteiger partial charge in [-0.15, -0.1) is 0 Å². The van der Waals surface area contributed by atoms with Crippen molar-refractivity contribution in [2.24, 2.45) is 13.0 Å². The maximum atomic E-state index is 12.3. The van der Waals surface area contributed by atoms with Crippen molar-refractivity contribution >= 4 is 23.2 Å². The Bertz CT molecular complexity index is 739. The molecule has 7 heteroatoms. The molecule has 0 radical (unpaired) electrons. The predicted molar refractivity (Wildman–Crippen MR) is 89.9 cm³/mol. The largest absolute Gasteiger partial charge is 0.494 e. The number of carbonyl (C=O) groups is 2. The number of nitrogens with zero attached hydrogens (tertiary/aromatic N) is 3. The Balaban J connectivity index is 1.65. The van der Waals surface area contributed by atoms with Gasteiger partial charge < -0.3 is 15.0 Å². The van der Waals surface area contributed by atoms with Crippen LogP contribution in [-0.2, 0) is 16.6 Å². The van der Waals surface area contributed by atoms with Crippen molar-refractivity contribution < 1.29 is 14.3 Å². The predicted octanol–water partition coefficient (Wildman–Crippen LogP) is 1.81. The van der Waals surface area contributed by atoms with E-state index in [0.717, 1.165) is 11.4 Å². The zero-order valence-corrected chi connectivity index (χ0v) is 13.7. The van der Waals surface area contributed by atoms with Crippen LogP contribution >= 0.6 is 0 Å². The maximum absolute atomic E-state index is 12.3. The third-order valence-corrected chi connectivity index (χ3v) is 3.93. The zero-order valence-electron chi connectivity index (χ0n) is 13.7. The molecule has 7 nitrogen and oxygen atoms in total. The van der Waals surface area contributed by atoms with Crippen LogP contribution in [0.1, 0.15) is 13.3 Å². The molecule has 126 valence electrons. The molecule has 2 aromatic rings. The molecule has 1 saturated heterocycles. The minimum Gasteiger partial charge on any atom is -0.494 e. The van der Waals surface area contributed by atoms with Crippen molar-refractivity contribution in [3.05, 3.63) is 36.7 Å². The normalized spacial score (nSPS) is 17.2. The van der Waals surface area contributed by atoms with Crippen molar-refractivity contribution in [1.29, 1.82) is 0 Å². The highest BCUT2D eigenvalue weighted by molar-refractivity contribution is 6.03. The smallest absolute Gasteiger partial charge is 0.229 e. The summed E-state index contributed by atoms with van der Waals surface area (Å²) in [6, 6.07) is 7.33. The van der Waals surface area contributed by atoms with Crippen LogP contribution in [0.4, 0.5) is 11.4 Å². The minimum atomic E-state index is -0.371. The van der Waals surface area contributed by atoms with Crippen LogP contribution in [0.25, 0.3) is 0 Å². The molecule has 1 atom stereocenters. The van der Waals surface area contributed by atoms with E-state index in [2.05, 4.69) is 10.4 Å². The van der Waals surface area contributed by atoms with E-state index < -0.39 is 0 Å². The molecule has 3 rings (SSSR count). The molecule has 1 N–H and O–H groups in total. The van der Waals surface area contributed by atoms with E-state index in [1.54, 1.807) is 29.0 Å². The summed E-state index contributed by atoms with van der Waals surface area (Å²) in [5.74, 6) is 0.179. The summed E-state index contributed by atoms with van der Waals surface area (Å²) in [5.41, 5.74) is 1.41. The van der Waals surface area contributed by atoms with Gasteiger partial charge in [0.15, 0.2) is 0 Å². The van der Waals surface area contributed by atoms with Crippen LogP contribution in [0.2, 0.25) is 0 Å². The zero-order chi connectivity index (χ0) is 17.1. The van der Waals surface area contributed by atoms with E-state index in [-0.39, 0.29) is 24.2 Å². The van der Waals surface area contributed by atoms with Crippen molar-refractivity contribution in [2.45, 2.75) is 13.3 Å². The number of amides is 2. The summed E-state index contributed by atoms with van der Waals surface area (Å²) in [6.07, 6.45) is 3.51. The Labute approximate surface area is 140 Å². The quantitative estimate of drug-likeness (QED) is 0.908. The van der Waals surface area contributed by atoms with E-state index in [1.807, 2.05) is 31.2 Å². The van der Waals surface area contributed by atoms with Gasteiger partial charge in [0, 0.05) is 31.9 Å². The number of aromatic nitrogens is 2. The third kappa shape index (κ3) is 3.40. The van der Waals surface area contributed by atoms with E-state index in [4.69, 9.17) is 4.74 Å². The average Bonchev–Trinajstić information content (AvgIpc) is 3.14. The number of carbonyl (C=O) groups excluding carboxylic acids is 2. The molecule has 0 spiro atoms. The van der Waals surface area contributed by atoms with Gasteiger partial charge in [-0.05, 0) is 31.2 Å². The van der Waals surface area contributed by atoms with Gasteiger partial charge in [-0.1, -0.05) is 0 Å². The lowest BCUT2D eigenvalue weighted by atomic mass is 10.1. The fraction of sp³-hybridized carbons (Fsp3) is 0.353. The molecule has 0 saturated carbocycles. The lowest BCUT2D eigenvalue weighted by Crippen LogP contribution is -2.28. The van der Waals surface area contributed by atoms with Crippen LogP contribution in [0.15, 0.2) is 36.7 Å². The van der Waals surface area contributed by atoms with Gasteiger partial charge in [-0.25, -0.2) is 0 Å². The highest BCUT2D eigenvalue weighted by Gasteiger charge is 2.35. The molecular formula is C17H20N4O3. The SMILES string of the molecule is CCOc1ccc(N2C[C@H](C(=O)Nc3cnn(C)c3)CC2=O)cc1. The lowest BCUT2D eigenvalue weighted by molar-refractivity contribution is -0.122. The molecule has 1 aromatic carbocycles. The van der Waals surface area contributed by atoms with Gasteiger partial charge in [-0.2, -0.15) is 5.10 Å². The van der Waals surface area contributed by atoms with Crippen molar-refractivity contribution in [3.8, 4) is 5.75 Å². The summed E-state index contributed by atoms with van der Waals surface area (Å²) in [5, 5.41) is 6.81. The standard InChI is InChI=1S/C17H20N4O3/c1-3-24-15-6-4-14(5-7-15)21-10-12(8-16(21)22)17(23)19-13-9-18-20(2)11-13/h4-7,9,11-12H,3,8,10H2,1-2H3,(H,19,23)/t12-/m1/s1. The second-order valence-electron chi connectivity index (χ2n) is 5.72. The van der Waals surface area contributed by atoms with Gasteiger partial charge in [0.2, 0.25) is 11.8 Å². The number of hydrogen-bond acceptors (Lipinski definition) is 4. The molecule has 1 aliphatic heterocycles. The van der Waals surface area contributed by atoms with E-state index in [0.29, 0.717) is 18.8 Å². The Morgan fingerprint density at radius 2 is 2.12 bits per heavy atom. The first-order chi connectivity index (χ1) is 11.6. The summed E-state index contributed by atoms with van der Waals surface area (Å²) in [6.45, 7) is 2.89. The number of rotatable bonds is 5. The Hall–Kier alpha value is -2.83. The maximum Gasteiger partial charge on any atom is 0.229 e. The van der Waals surface area contributed by atoms with Crippen molar-refractivity contribution in [2.75, 3.05) is 23.4 Å². The summed E-state index contributed by atoms with van der Waals surface area (Å²) in [7, 11) is 1.78. The second kappa shape index (κ2) is 6.74. The number of ether oxygens (including phenoxy) is 1. The van der Waals surface area contributed by atoms with Crippen molar-refractivity contribution in [1.82, 2.24) is 9.78 Å². The van der Waals surface area contributed by atoms with E-state index in [1.165, 1.54) is 0 Å². The number of hydrogen-bond donors (Lipinski definition) is 1. The molecule has 0 bridgehead atoms. The van der Waals surface area contributed by atoms with Crippen molar-refractivity contribution in [3.63, 3.8) is 0 Å². The molecule has 1 fully saturated rings. The van der Waals surface area contributed by atoms with Crippen LogP contribution in [0, 0.1) is 5.92 Å².